The van der Waals surface area contributed by atoms with E-state index in [1.165, 1.54) is 12.8 Å². The molecule has 1 N–H and O–H groups in total. The van der Waals surface area contributed by atoms with Gasteiger partial charge in [-0.2, -0.15) is 0 Å². The number of rotatable bonds is 9. The lowest BCUT2D eigenvalue weighted by Crippen LogP contribution is -2.45. The number of methoxy groups -OCH3 is 1. The summed E-state index contributed by atoms with van der Waals surface area (Å²) in [6.07, 6.45) is 2.51. The van der Waals surface area contributed by atoms with Gasteiger partial charge in [0.2, 0.25) is 0 Å². The van der Waals surface area contributed by atoms with E-state index in [4.69, 9.17) is 4.74 Å². The standard InChI is InChI=1S/C12H28N2O/c1-6-7-8-14(4)12(10-15-5)9-13-11(2)3/h11-13H,6-10H2,1-5H3. The minimum absolute atomic E-state index is 0.490. The number of likely N-dealkylation sites (N-methyl/N-ethyl adjacent to an activating group) is 1. The Balaban J connectivity index is 3.88. The van der Waals surface area contributed by atoms with E-state index in [-0.39, 0.29) is 0 Å². The van der Waals surface area contributed by atoms with E-state index in [2.05, 4.69) is 38.0 Å². The molecule has 0 amide bonds. The number of ether oxygens (including phenoxy) is 1. The summed E-state index contributed by atoms with van der Waals surface area (Å²) in [5.74, 6) is 0. The largest absolute Gasteiger partial charge is 0.383 e. The van der Waals surface area contributed by atoms with Crippen molar-refractivity contribution in [1.29, 1.82) is 0 Å². The Morgan fingerprint density at radius 2 is 2.00 bits per heavy atom. The molecule has 0 aromatic carbocycles. The third-order valence-corrected chi connectivity index (χ3v) is 2.61. The van der Waals surface area contributed by atoms with Crippen molar-refractivity contribution in [2.45, 2.75) is 45.7 Å². The fourth-order valence-electron chi connectivity index (χ4n) is 1.50. The fourth-order valence-corrected chi connectivity index (χ4v) is 1.50. The lowest BCUT2D eigenvalue weighted by Gasteiger charge is -2.28. The van der Waals surface area contributed by atoms with Crippen LogP contribution in [0.2, 0.25) is 0 Å². The first-order chi connectivity index (χ1) is 7.11. The Kier molecular flexibility index (Phi) is 9.06. The van der Waals surface area contributed by atoms with E-state index in [1.807, 2.05) is 0 Å². The van der Waals surface area contributed by atoms with Crippen molar-refractivity contribution in [2.24, 2.45) is 0 Å². The molecule has 1 unspecified atom stereocenters. The van der Waals surface area contributed by atoms with Crippen LogP contribution in [0.5, 0.6) is 0 Å². The van der Waals surface area contributed by atoms with Crippen LogP contribution in [0.3, 0.4) is 0 Å². The maximum atomic E-state index is 5.26. The Morgan fingerprint density at radius 3 is 2.47 bits per heavy atom. The van der Waals surface area contributed by atoms with Crippen LogP contribution in [0.15, 0.2) is 0 Å². The number of nitrogens with one attached hydrogen (secondary N) is 1. The van der Waals surface area contributed by atoms with E-state index in [0.29, 0.717) is 12.1 Å². The van der Waals surface area contributed by atoms with Crippen molar-refractivity contribution in [1.82, 2.24) is 10.2 Å². The molecule has 0 saturated carbocycles. The molecule has 0 fully saturated rings. The molecule has 0 spiro atoms. The first kappa shape index (κ1) is 14.9. The highest BCUT2D eigenvalue weighted by Crippen LogP contribution is 2.00. The predicted octanol–water partition coefficient (Wildman–Crippen LogP) is 1.73. The number of hydrogen-bond acceptors (Lipinski definition) is 3. The highest BCUT2D eigenvalue weighted by molar-refractivity contribution is 4.72. The Hall–Kier alpha value is -0.120. The predicted molar refractivity (Wildman–Crippen MR) is 66.3 cm³/mol. The number of nitrogens with zero attached hydrogens (tertiary/aromatic N) is 1. The van der Waals surface area contributed by atoms with Gasteiger partial charge in [-0.1, -0.05) is 27.2 Å². The van der Waals surface area contributed by atoms with Gasteiger partial charge >= 0.3 is 0 Å². The Morgan fingerprint density at radius 1 is 1.33 bits per heavy atom. The van der Waals surface area contributed by atoms with Gasteiger partial charge in [-0.3, -0.25) is 4.90 Å². The Labute approximate surface area is 95.2 Å². The van der Waals surface area contributed by atoms with Gasteiger partial charge in [-0.15, -0.1) is 0 Å². The fraction of sp³-hybridized carbons (Fsp3) is 1.00. The summed E-state index contributed by atoms with van der Waals surface area (Å²) in [7, 11) is 3.96. The second kappa shape index (κ2) is 9.13. The average Bonchev–Trinajstić information content (AvgIpc) is 2.20. The van der Waals surface area contributed by atoms with Crippen LogP contribution >= 0.6 is 0 Å². The second-order valence-corrected chi connectivity index (χ2v) is 4.51. The first-order valence-electron chi connectivity index (χ1n) is 6.04. The smallest absolute Gasteiger partial charge is 0.0630 e. The maximum absolute atomic E-state index is 5.26. The third-order valence-electron chi connectivity index (χ3n) is 2.61. The molecule has 15 heavy (non-hydrogen) atoms. The monoisotopic (exact) mass is 216 g/mol. The second-order valence-electron chi connectivity index (χ2n) is 4.51. The Bertz CT molecular complexity index is 140. The molecule has 92 valence electrons. The summed E-state index contributed by atoms with van der Waals surface area (Å²) in [6.45, 7) is 9.55. The van der Waals surface area contributed by atoms with Crippen LogP contribution < -0.4 is 5.32 Å². The van der Waals surface area contributed by atoms with Crippen molar-refractivity contribution in [3.05, 3.63) is 0 Å². The van der Waals surface area contributed by atoms with Crippen LogP contribution in [0.25, 0.3) is 0 Å². The van der Waals surface area contributed by atoms with Crippen molar-refractivity contribution >= 4 is 0 Å². The zero-order chi connectivity index (χ0) is 11.7. The highest BCUT2D eigenvalue weighted by atomic mass is 16.5. The molecule has 0 aliphatic heterocycles. The normalized spacial score (nSPS) is 13.8. The van der Waals surface area contributed by atoms with Gasteiger partial charge in [0.1, 0.15) is 0 Å². The summed E-state index contributed by atoms with van der Waals surface area (Å²) in [4.78, 5) is 2.39. The van der Waals surface area contributed by atoms with Gasteiger partial charge in [0.25, 0.3) is 0 Å². The molecule has 0 aromatic rings. The van der Waals surface area contributed by atoms with E-state index in [0.717, 1.165) is 19.7 Å². The zero-order valence-corrected chi connectivity index (χ0v) is 11.0. The van der Waals surface area contributed by atoms with Gasteiger partial charge < -0.3 is 10.1 Å². The number of hydrogen-bond donors (Lipinski definition) is 1. The molecular formula is C12H28N2O. The molecule has 0 bridgehead atoms. The highest BCUT2D eigenvalue weighted by Gasteiger charge is 2.13. The van der Waals surface area contributed by atoms with Crippen molar-refractivity contribution in [2.75, 3.05) is 33.9 Å². The molecule has 0 aliphatic carbocycles. The number of unbranched alkanes of at least 4 members (excludes halogenated alkanes) is 1. The quantitative estimate of drug-likeness (QED) is 0.635. The van der Waals surface area contributed by atoms with Gasteiger partial charge in [0, 0.05) is 25.7 Å². The summed E-state index contributed by atoms with van der Waals surface area (Å²) in [6, 6.07) is 1.04. The molecule has 1 atom stereocenters. The van der Waals surface area contributed by atoms with Crippen molar-refractivity contribution in [3.8, 4) is 0 Å². The van der Waals surface area contributed by atoms with Gasteiger partial charge in [-0.05, 0) is 20.0 Å². The summed E-state index contributed by atoms with van der Waals surface area (Å²) < 4.78 is 5.26. The summed E-state index contributed by atoms with van der Waals surface area (Å²) in [5.41, 5.74) is 0. The topological polar surface area (TPSA) is 24.5 Å². The van der Waals surface area contributed by atoms with Gasteiger partial charge in [-0.25, -0.2) is 0 Å². The SMILES string of the molecule is CCCCN(C)C(CNC(C)C)COC. The van der Waals surface area contributed by atoms with Gasteiger partial charge in [0.15, 0.2) is 0 Å². The minimum Gasteiger partial charge on any atom is -0.383 e. The van der Waals surface area contributed by atoms with Crippen molar-refractivity contribution < 1.29 is 4.74 Å². The van der Waals surface area contributed by atoms with E-state index < -0.39 is 0 Å². The van der Waals surface area contributed by atoms with Crippen LogP contribution in [0.1, 0.15) is 33.6 Å². The maximum Gasteiger partial charge on any atom is 0.0630 e. The lowest BCUT2D eigenvalue weighted by atomic mass is 10.2. The molecule has 0 heterocycles. The summed E-state index contributed by atoms with van der Waals surface area (Å²) >= 11 is 0. The minimum atomic E-state index is 0.490. The molecule has 0 rings (SSSR count). The van der Waals surface area contributed by atoms with Crippen LogP contribution in [0, 0.1) is 0 Å². The molecule has 0 radical (unpaired) electrons. The molecular weight excluding hydrogens is 188 g/mol. The van der Waals surface area contributed by atoms with Crippen LogP contribution in [-0.2, 0) is 4.74 Å². The molecule has 3 nitrogen and oxygen atoms in total. The zero-order valence-electron chi connectivity index (χ0n) is 11.0. The van der Waals surface area contributed by atoms with Crippen molar-refractivity contribution in [3.63, 3.8) is 0 Å². The molecule has 0 saturated heterocycles. The average molecular weight is 216 g/mol. The lowest BCUT2D eigenvalue weighted by molar-refractivity contribution is 0.103. The molecule has 0 aromatic heterocycles. The van der Waals surface area contributed by atoms with E-state index >= 15 is 0 Å². The van der Waals surface area contributed by atoms with E-state index in [1.54, 1.807) is 7.11 Å². The van der Waals surface area contributed by atoms with Crippen LogP contribution in [-0.4, -0.2) is 50.8 Å². The summed E-state index contributed by atoms with van der Waals surface area (Å²) in [5, 5.41) is 3.47. The van der Waals surface area contributed by atoms with E-state index in [9.17, 15) is 0 Å². The van der Waals surface area contributed by atoms with Crippen LogP contribution in [0.4, 0.5) is 0 Å². The molecule has 3 heteroatoms. The third kappa shape index (κ3) is 7.77. The first-order valence-corrected chi connectivity index (χ1v) is 6.04. The van der Waals surface area contributed by atoms with Gasteiger partial charge in [0.05, 0.1) is 6.61 Å². The molecule has 0 aliphatic rings.